The van der Waals surface area contributed by atoms with E-state index in [0.29, 0.717) is 0 Å². The van der Waals surface area contributed by atoms with Crippen molar-refractivity contribution in [2.45, 2.75) is 5.92 Å². The third-order valence-electron chi connectivity index (χ3n) is 11.0. The molecule has 264 valence electrons. The molecule has 0 atom stereocenters. The highest BCUT2D eigenvalue weighted by atomic mass is 16.3. The molecule has 0 bridgehead atoms. The second-order valence-electron chi connectivity index (χ2n) is 14.5. The van der Waals surface area contributed by atoms with Crippen LogP contribution in [-0.2, 0) is 0 Å². The van der Waals surface area contributed by atoms with Crippen molar-refractivity contribution >= 4 is 21.9 Å². The lowest BCUT2D eigenvalue weighted by molar-refractivity contribution is 0.670. The number of hydrogen-bond donors (Lipinski definition) is 0. The highest BCUT2D eigenvalue weighted by Gasteiger charge is 2.20. The van der Waals surface area contributed by atoms with Gasteiger partial charge in [-0.1, -0.05) is 206 Å². The Balaban J connectivity index is 1.08. The van der Waals surface area contributed by atoms with E-state index < -0.39 is 0 Å². The molecule has 0 aliphatic heterocycles. The smallest absolute Gasteiger partial charge is 0.143 e. The van der Waals surface area contributed by atoms with Crippen molar-refractivity contribution in [3.8, 4) is 55.6 Å². The lowest BCUT2D eigenvalue weighted by Crippen LogP contribution is -2.04. The fourth-order valence-electron chi connectivity index (χ4n) is 8.22. The summed E-state index contributed by atoms with van der Waals surface area (Å²) in [4.78, 5) is 0. The van der Waals surface area contributed by atoms with Crippen molar-refractivity contribution in [2.75, 3.05) is 0 Å². The van der Waals surface area contributed by atoms with E-state index in [9.17, 15) is 0 Å². The zero-order chi connectivity index (χ0) is 37.3. The molecule has 56 heavy (non-hydrogen) atoms. The van der Waals surface area contributed by atoms with Crippen LogP contribution in [0.1, 0.15) is 22.6 Å². The first kappa shape index (κ1) is 33.4. The normalized spacial score (nSPS) is 11.4. The molecule has 0 amide bonds. The van der Waals surface area contributed by atoms with Gasteiger partial charge < -0.3 is 4.42 Å². The second kappa shape index (κ2) is 14.5. The molecule has 0 N–H and O–H groups in total. The Morgan fingerprint density at radius 3 is 1.27 bits per heavy atom. The summed E-state index contributed by atoms with van der Waals surface area (Å²) in [6, 6.07) is 81.0. The molecule has 9 aromatic carbocycles. The van der Waals surface area contributed by atoms with Crippen molar-refractivity contribution in [2.24, 2.45) is 0 Å². The first-order valence-corrected chi connectivity index (χ1v) is 19.3. The molecule has 0 saturated carbocycles. The Morgan fingerprint density at radius 1 is 0.268 bits per heavy atom. The number of furan rings is 1. The Bertz CT molecular complexity index is 2830. The lowest BCUT2D eigenvalue weighted by Gasteiger charge is -2.21. The zero-order valence-electron chi connectivity index (χ0n) is 30.8. The molecule has 10 aromatic rings. The summed E-state index contributed by atoms with van der Waals surface area (Å²) in [6.07, 6.45) is 0. The Morgan fingerprint density at radius 2 is 0.696 bits per heavy atom. The van der Waals surface area contributed by atoms with Gasteiger partial charge in [-0.3, -0.25) is 0 Å². The molecule has 1 heteroatoms. The topological polar surface area (TPSA) is 13.1 Å². The van der Waals surface area contributed by atoms with Gasteiger partial charge in [0.2, 0.25) is 0 Å². The van der Waals surface area contributed by atoms with Crippen LogP contribution in [0, 0.1) is 0 Å². The summed E-state index contributed by atoms with van der Waals surface area (Å²) in [6.45, 7) is 0. The van der Waals surface area contributed by atoms with Gasteiger partial charge in [0.25, 0.3) is 0 Å². The van der Waals surface area contributed by atoms with Crippen molar-refractivity contribution in [3.63, 3.8) is 0 Å². The Kier molecular flexibility index (Phi) is 8.67. The number of benzene rings is 9. The van der Waals surface area contributed by atoms with Crippen LogP contribution in [0.5, 0.6) is 0 Å². The van der Waals surface area contributed by atoms with Crippen LogP contribution < -0.4 is 0 Å². The van der Waals surface area contributed by atoms with Gasteiger partial charge in [0.15, 0.2) is 0 Å². The van der Waals surface area contributed by atoms with Crippen molar-refractivity contribution < 1.29 is 4.42 Å². The van der Waals surface area contributed by atoms with Crippen molar-refractivity contribution in [3.05, 3.63) is 241 Å². The first-order valence-electron chi connectivity index (χ1n) is 19.3. The van der Waals surface area contributed by atoms with E-state index >= 15 is 0 Å². The predicted octanol–water partition coefficient (Wildman–Crippen LogP) is 15.1. The van der Waals surface area contributed by atoms with Gasteiger partial charge in [-0.25, -0.2) is 0 Å². The monoisotopic (exact) mass is 714 g/mol. The van der Waals surface area contributed by atoms with Gasteiger partial charge in [0.05, 0.1) is 0 Å². The highest BCUT2D eigenvalue weighted by Crippen LogP contribution is 2.40. The molecule has 1 heterocycles. The van der Waals surface area contributed by atoms with Crippen LogP contribution in [-0.4, -0.2) is 0 Å². The molecule has 10 rings (SSSR count). The summed E-state index contributed by atoms with van der Waals surface area (Å²) in [5.41, 5.74) is 17.5. The highest BCUT2D eigenvalue weighted by molar-refractivity contribution is 6.09. The number of hydrogen-bond acceptors (Lipinski definition) is 1. The van der Waals surface area contributed by atoms with E-state index in [4.69, 9.17) is 4.42 Å². The van der Waals surface area contributed by atoms with Crippen molar-refractivity contribution in [1.82, 2.24) is 0 Å². The minimum absolute atomic E-state index is 0.000514. The molecule has 0 saturated heterocycles. The van der Waals surface area contributed by atoms with Gasteiger partial charge in [0, 0.05) is 22.3 Å². The number of fused-ring (bicyclic) bond motifs is 3. The van der Waals surface area contributed by atoms with Gasteiger partial charge in [0.1, 0.15) is 11.2 Å². The van der Waals surface area contributed by atoms with E-state index in [-0.39, 0.29) is 5.92 Å². The number of rotatable bonds is 8. The van der Waals surface area contributed by atoms with Crippen LogP contribution in [0.3, 0.4) is 0 Å². The Hall–Kier alpha value is -7.22. The van der Waals surface area contributed by atoms with Gasteiger partial charge in [-0.2, -0.15) is 0 Å². The molecular formula is C55H38O. The molecular weight excluding hydrogens is 677 g/mol. The third-order valence-corrected chi connectivity index (χ3v) is 11.0. The van der Waals surface area contributed by atoms with Crippen LogP contribution in [0.2, 0.25) is 0 Å². The minimum atomic E-state index is 0.000514. The average Bonchev–Trinajstić information content (AvgIpc) is 3.67. The average molecular weight is 715 g/mol. The van der Waals surface area contributed by atoms with E-state index in [1.807, 2.05) is 12.1 Å². The summed E-state index contributed by atoms with van der Waals surface area (Å²) in [7, 11) is 0. The maximum Gasteiger partial charge on any atom is 0.143 e. The summed E-state index contributed by atoms with van der Waals surface area (Å²) < 4.78 is 6.44. The SMILES string of the molecule is c1ccc(-c2cccc(-c3cccc(C(c4ccc(-c5cccc6c5oc5ccccc56)cc4)c4cccc(-c5cccc(-c6ccccc6)c5)c4)c3)c2)cc1. The van der Waals surface area contributed by atoms with Gasteiger partial charge in [-0.15, -0.1) is 0 Å². The fraction of sp³-hybridized carbons (Fsp3) is 0.0182. The molecule has 0 aliphatic carbocycles. The molecule has 0 unspecified atom stereocenters. The maximum absolute atomic E-state index is 6.44. The zero-order valence-corrected chi connectivity index (χ0v) is 30.8. The van der Waals surface area contributed by atoms with E-state index in [2.05, 4.69) is 212 Å². The quantitative estimate of drug-likeness (QED) is 0.143. The van der Waals surface area contributed by atoms with Crippen molar-refractivity contribution in [1.29, 1.82) is 0 Å². The molecule has 0 fully saturated rings. The minimum Gasteiger partial charge on any atom is -0.455 e. The van der Waals surface area contributed by atoms with Gasteiger partial charge >= 0.3 is 0 Å². The fourth-order valence-corrected chi connectivity index (χ4v) is 8.22. The second-order valence-corrected chi connectivity index (χ2v) is 14.5. The molecule has 0 radical (unpaired) electrons. The summed E-state index contributed by atoms with van der Waals surface area (Å²) in [5, 5.41) is 2.28. The lowest BCUT2D eigenvalue weighted by atomic mass is 9.82. The Labute approximate surface area is 327 Å². The predicted molar refractivity (Wildman–Crippen MR) is 235 cm³/mol. The summed E-state index contributed by atoms with van der Waals surface area (Å²) in [5.74, 6) is 0.000514. The van der Waals surface area contributed by atoms with Crippen LogP contribution in [0.15, 0.2) is 229 Å². The van der Waals surface area contributed by atoms with E-state index in [0.717, 1.165) is 33.1 Å². The molecule has 1 aromatic heterocycles. The standard InChI is InChI=1S/C55H38O/c1-3-14-38(15-4-1)42-18-9-20-44(34-42)46-22-11-24-48(36-46)54(49-25-12-23-47(37-49)45-21-10-19-43(35-45)39-16-5-2-6-17-39)41-32-30-40(31-33-41)50-27-13-28-52-51-26-7-8-29-53(51)56-55(50)52/h1-37,54H. The third kappa shape index (κ3) is 6.40. The van der Waals surface area contributed by atoms with Crippen LogP contribution in [0.4, 0.5) is 0 Å². The van der Waals surface area contributed by atoms with Crippen LogP contribution in [0.25, 0.3) is 77.6 Å². The first-order chi connectivity index (χ1) is 27.7. The summed E-state index contributed by atoms with van der Waals surface area (Å²) >= 11 is 0. The molecule has 0 aliphatic rings. The molecule has 1 nitrogen and oxygen atoms in total. The van der Waals surface area contributed by atoms with E-state index in [1.54, 1.807) is 0 Å². The largest absolute Gasteiger partial charge is 0.455 e. The molecule has 0 spiro atoms. The number of para-hydroxylation sites is 2. The van der Waals surface area contributed by atoms with Gasteiger partial charge in [-0.05, 0) is 85.0 Å². The maximum atomic E-state index is 6.44. The van der Waals surface area contributed by atoms with Crippen LogP contribution >= 0.6 is 0 Å². The van der Waals surface area contributed by atoms with E-state index in [1.165, 1.54) is 61.2 Å².